The lowest BCUT2D eigenvalue weighted by Crippen LogP contribution is -2.41. The van der Waals surface area contributed by atoms with Gasteiger partial charge >= 0.3 is 0 Å². The summed E-state index contributed by atoms with van der Waals surface area (Å²) in [4.78, 5) is 14.9. The van der Waals surface area contributed by atoms with E-state index < -0.39 is 0 Å². The number of nitrogens with one attached hydrogen (secondary N) is 1. The Hall–Kier alpha value is -0.570. The Balaban J connectivity index is 2.20. The highest BCUT2D eigenvalue weighted by atomic mass is 16.2. The van der Waals surface area contributed by atoms with Crippen LogP contribution in [0.3, 0.4) is 0 Å². The van der Waals surface area contributed by atoms with Crippen molar-refractivity contribution >= 4 is 5.91 Å². The van der Waals surface area contributed by atoms with Crippen LogP contribution in [-0.2, 0) is 4.79 Å². The van der Waals surface area contributed by atoms with Crippen molar-refractivity contribution in [2.24, 2.45) is 10.8 Å². The average molecular weight is 266 g/mol. The molecular weight excluding hydrogens is 236 g/mol. The Labute approximate surface area is 118 Å². The molecule has 1 amide bonds. The average Bonchev–Trinajstić information content (AvgIpc) is 2.57. The predicted molar refractivity (Wildman–Crippen MR) is 78.7 cm³/mol. The Morgan fingerprint density at radius 1 is 1.05 bits per heavy atom. The highest BCUT2D eigenvalue weighted by molar-refractivity contribution is 5.85. The third kappa shape index (κ3) is 2.10. The van der Waals surface area contributed by atoms with Crippen molar-refractivity contribution in [1.29, 1.82) is 0 Å². The van der Waals surface area contributed by atoms with E-state index in [9.17, 15) is 4.79 Å². The van der Waals surface area contributed by atoms with Crippen LogP contribution in [-0.4, -0.2) is 29.1 Å². The van der Waals surface area contributed by atoms with Crippen molar-refractivity contribution in [3.63, 3.8) is 0 Å². The molecule has 1 aliphatic heterocycles. The van der Waals surface area contributed by atoms with E-state index in [4.69, 9.17) is 0 Å². The molecule has 2 atom stereocenters. The van der Waals surface area contributed by atoms with Crippen molar-refractivity contribution in [2.75, 3.05) is 0 Å². The summed E-state index contributed by atoms with van der Waals surface area (Å²) in [6, 6.07) is 0.437. The normalized spacial score (nSPS) is 32.9. The highest BCUT2D eigenvalue weighted by Gasteiger charge is 2.70. The molecule has 2 unspecified atom stereocenters. The summed E-state index contributed by atoms with van der Waals surface area (Å²) in [5.74, 6) is 0.337. The number of rotatable bonds is 5. The van der Waals surface area contributed by atoms with Gasteiger partial charge in [-0.2, -0.15) is 0 Å². The SMILES string of the molecule is CCCC1NC(CCC)N(C2C(C)(C)C2(C)C)C1=O. The molecule has 2 fully saturated rings. The predicted octanol–water partition coefficient (Wildman–Crippen LogP) is 3.15. The second kappa shape index (κ2) is 4.76. The van der Waals surface area contributed by atoms with Gasteiger partial charge in [-0.25, -0.2) is 0 Å². The molecule has 1 saturated heterocycles. The van der Waals surface area contributed by atoms with E-state index >= 15 is 0 Å². The summed E-state index contributed by atoms with van der Waals surface area (Å²) in [6.07, 6.45) is 4.46. The van der Waals surface area contributed by atoms with E-state index in [2.05, 4.69) is 51.8 Å². The molecule has 2 rings (SSSR count). The molecule has 3 nitrogen and oxygen atoms in total. The first-order valence-electron chi connectivity index (χ1n) is 7.87. The summed E-state index contributed by atoms with van der Waals surface area (Å²) in [5.41, 5.74) is 0.467. The first kappa shape index (κ1) is 14.8. The number of amides is 1. The van der Waals surface area contributed by atoms with Gasteiger partial charge in [-0.15, -0.1) is 0 Å². The maximum absolute atomic E-state index is 12.7. The van der Waals surface area contributed by atoms with E-state index in [0.717, 1.165) is 25.7 Å². The van der Waals surface area contributed by atoms with Crippen molar-refractivity contribution in [2.45, 2.75) is 85.5 Å². The number of hydrogen-bond acceptors (Lipinski definition) is 2. The Kier molecular flexibility index (Phi) is 3.72. The fourth-order valence-electron chi connectivity index (χ4n) is 3.87. The van der Waals surface area contributed by atoms with Crippen molar-refractivity contribution in [3.05, 3.63) is 0 Å². The zero-order valence-electron chi connectivity index (χ0n) is 13.4. The molecule has 0 aromatic rings. The topological polar surface area (TPSA) is 32.3 Å². The summed E-state index contributed by atoms with van der Waals surface area (Å²) >= 11 is 0. The van der Waals surface area contributed by atoms with Crippen molar-refractivity contribution in [1.82, 2.24) is 10.2 Å². The van der Waals surface area contributed by atoms with Crippen LogP contribution in [0.25, 0.3) is 0 Å². The van der Waals surface area contributed by atoms with Gasteiger partial charge < -0.3 is 4.90 Å². The molecule has 1 saturated carbocycles. The molecule has 0 aromatic carbocycles. The molecule has 0 radical (unpaired) electrons. The van der Waals surface area contributed by atoms with Gasteiger partial charge in [0.15, 0.2) is 0 Å². The molecule has 1 N–H and O–H groups in total. The highest BCUT2D eigenvalue weighted by Crippen LogP contribution is 2.66. The third-order valence-corrected chi connectivity index (χ3v) is 5.64. The van der Waals surface area contributed by atoms with Gasteiger partial charge in [0.25, 0.3) is 0 Å². The number of hydrogen-bond donors (Lipinski definition) is 1. The fraction of sp³-hybridized carbons (Fsp3) is 0.938. The maximum atomic E-state index is 12.7. The second-order valence-corrected chi connectivity index (χ2v) is 7.40. The molecule has 0 aromatic heterocycles. The quantitative estimate of drug-likeness (QED) is 0.829. The lowest BCUT2D eigenvalue weighted by Gasteiger charge is -2.26. The Morgan fingerprint density at radius 3 is 2.00 bits per heavy atom. The summed E-state index contributed by atoms with van der Waals surface area (Å²) in [7, 11) is 0. The lowest BCUT2D eigenvalue weighted by molar-refractivity contribution is -0.131. The van der Waals surface area contributed by atoms with Gasteiger partial charge in [0, 0.05) is 6.04 Å². The van der Waals surface area contributed by atoms with Crippen LogP contribution < -0.4 is 5.32 Å². The van der Waals surface area contributed by atoms with Gasteiger partial charge in [0.1, 0.15) is 0 Å². The van der Waals surface area contributed by atoms with Crippen molar-refractivity contribution in [3.8, 4) is 0 Å². The van der Waals surface area contributed by atoms with Gasteiger partial charge in [0.05, 0.1) is 12.2 Å². The maximum Gasteiger partial charge on any atom is 0.241 e. The standard InChI is InChI=1S/C16H30N2O/c1-7-9-11-13(19)18(12(17-11)10-8-2)14-15(3,4)16(14,5)6/h11-12,14,17H,7-10H2,1-6H3. The van der Waals surface area contributed by atoms with Gasteiger partial charge in [-0.05, 0) is 23.7 Å². The number of carbonyl (C=O) groups is 1. The Bertz CT molecular complexity index is 348. The number of nitrogens with zero attached hydrogens (tertiary/aromatic N) is 1. The first-order chi connectivity index (χ1) is 8.79. The van der Waals surface area contributed by atoms with E-state index in [-0.39, 0.29) is 23.0 Å². The minimum absolute atomic E-state index is 0.0498. The molecule has 110 valence electrons. The first-order valence-corrected chi connectivity index (χ1v) is 7.87. The summed E-state index contributed by atoms with van der Waals surface area (Å²) < 4.78 is 0. The van der Waals surface area contributed by atoms with Crippen molar-refractivity contribution < 1.29 is 4.79 Å². The molecule has 1 heterocycles. The minimum atomic E-state index is 0.0498. The van der Waals surface area contributed by atoms with E-state index in [1.807, 2.05) is 0 Å². The monoisotopic (exact) mass is 266 g/mol. The largest absolute Gasteiger partial charge is 0.322 e. The molecular formula is C16H30N2O. The van der Waals surface area contributed by atoms with E-state index in [1.54, 1.807) is 0 Å². The van der Waals surface area contributed by atoms with Gasteiger partial charge in [-0.3, -0.25) is 10.1 Å². The fourth-order valence-corrected chi connectivity index (χ4v) is 3.87. The second-order valence-electron chi connectivity index (χ2n) is 7.40. The van der Waals surface area contributed by atoms with Crippen LogP contribution in [0, 0.1) is 10.8 Å². The van der Waals surface area contributed by atoms with E-state index in [1.165, 1.54) is 0 Å². The minimum Gasteiger partial charge on any atom is -0.322 e. The molecule has 0 bridgehead atoms. The number of carbonyl (C=O) groups excluding carboxylic acids is 1. The summed E-state index contributed by atoms with van der Waals surface area (Å²) in [6.45, 7) is 13.5. The Morgan fingerprint density at radius 2 is 1.58 bits per heavy atom. The van der Waals surface area contributed by atoms with Gasteiger partial charge in [-0.1, -0.05) is 54.4 Å². The smallest absolute Gasteiger partial charge is 0.241 e. The van der Waals surface area contributed by atoms with E-state index in [0.29, 0.717) is 11.9 Å². The van der Waals surface area contributed by atoms with Crippen LogP contribution >= 0.6 is 0 Å². The van der Waals surface area contributed by atoms with Gasteiger partial charge in [0.2, 0.25) is 5.91 Å². The lowest BCUT2D eigenvalue weighted by atomic mass is 10.0. The van der Waals surface area contributed by atoms with Crippen LogP contribution in [0.1, 0.15) is 67.2 Å². The van der Waals surface area contributed by atoms with Crippen LogP contribution in [0.2, 0.25) is 0 Å². The van der Waals surface area contributed by atoms with Crippen LogP contribution in [0.15, 0.2) is 0 Å². The molecule has 3 heteroatoms. The van der Waals surface area contributed by atoms with Crippen LogP contribution in [0.5, 0.6) is 0 Å². The summed E-state index contributed by atoms with van der Waals surface area (Å²) in [5, 5.41) is 3.57. The van der Waals surface area contributed by atoms with Crippen LogP contribution in [0.4, 0.5) is 0 Å². The molecule has 2 aliphatic rings. The zero-order chi connectivity index (χ0) is 14.4. The third-order valence-electron chi connectivity index (χ3n) is 5.64. The molecule has 1 aliphatic carbocycles. The molecule has 0 spiro atoms. The molecule has 19 heavy (non-hydrogen) atoms. The zero-order valence-corrected chi connectivity index (χ0v) is 13.4.